The Morgan fingerprint density at radius 1 is 1.22 bits per heavy atom. The number of hydrogen-bond acceptors (Lipinski definition) is 4. The Balaban J connectivity index is 1.56. The van der Waals surface area contributed by atoms with Gasteiger partial charge in [-0.3, -0.25) is 14.4 Å². The first-order valence-electron chi connectivity index (χ1n) is 10.1. The molecule has 32 heavy (non-hydrogen) atoms. The number of hydrogen-bond donors (Lipinski definition) is 3. The predicted octanol–water partition coefficient (Wildman–Crippen LogP) is 2.04. The molecule has 0 saturated carbocycles. The molecule has 0 radical (unpaired) electrons. The van der Waals surface area contributed by atoms with E-state index < -0.39 is 11.9 Å². The van der Waals surface area contributed by atoms with E-state index in [1.165, 1.54) is 18.3 Å². The van der Waals surface area contributed by atoms with Gasteiger partial charge in [0.05, 0.1) is 11.7 Å². The maximum atomic E-state index is 13.3. The van der Waals surface area contributed by atoms with Crippen LogP contribution in [0.5, 0.6) is 0 Å². The summed E-state index contributed by atoms with van der Waals surface area (Å²) < 4.78 is 13.3. The summed E-state index contributed by atoms with van der Waals surface area (Å²) in [4.78, 5) is 46.4. The molecule has 1 fully saturated rings. The Labute approximate surface area is 188 Å². The van der Waals surface area contributed by atoms with E-state index in [4.69, 9.17) is 11.6 Å². The van der Waals surface area contributed by atoms with Crippen molar-refractivity contribution < 1.29 is 18.8 Å². The first-order valence-corrected chi connectivity index (χ1v) is 10.5. The molecule has 0 spiro atoms. The quantitative estimate of drug-likeness (QED) is 0.509. The number of carbonyl (C=O) groups excluding carboxylic acids is 3. The average Bonchev–Trinajstić information content (AvgIpc) is 3.07. The second kappa shape index (κ2) is 9.35. The van der Waals surface area contributed by atoms with Crippen LogP contribution in [0, 0.1) is 5.82 Å². The summed E-state index contributed by atoms with van der Waals surface area (Å²) in [5, 5.41) is 6.53. The summed E-state index contributed by atoms with van der Waals surface area (Å²) in [7, 11) is 0. The van der Waals surface area contributed by atoms with Gasteiger partial charge >= 0.3 is 0 Å². The van der Waals surface area contributed by atoms with E-state index in [2.05, 4.69) is 20.6 Å². The zero-order valence-electron chi connectivity index (χ0n) is 17.0. The highest BCUT2D eigenvalue weighted by Gasteiger charge is 2.28. The van der Waals surface area contributed by atoms with Gasteiger partial charge in [-0.2, -0.15) is 0 Å². The number of nitrogens with zero attached hydrogens (tertiary/aromatic N) is 2. The molecule has 1 aliphatic heterocycles. The second-order valence-electron chi connectivity index (χ2n) is 7.56. The Hall–Kier alpha value is -3.46. The van der Waals surface area contributed by atoms with E-state index in [9.17, 15) is 18.8 Å². The molecule has 166 valence electrons. The first-order chi connectivity index (χ1) is 15.4. The fraction of sp³-hybridized carbons (Fsp3) is 0.273. The normalized spacial score (nSPS) is 15.2. The summed E-state index contributed by atoms with van der Waals surface area (Å²) in [5.74, 6) is -1.28. The van der Waals surface area contributed by atoms with Crippen molar-refractivity contribution >= 4 is 40.2 Å². The van der Waals surface area contributed by atoms with Crippen LogP contribution in [0.2, 0.25) is 5.15 Å². The number of aromatic amines is 1. The molecule has 3 aromatic rings. The number of nitrogens with one attached hydrogen (secondary N) is 3. The number of halogens is 2. The maximum Gasteiger partial charge on any atom is 0.268 e. The molecule has 3 N–H and O–H groups in total. The van der Waals surface area contributed by atoms with Crippen LogP contribution in [0.25, 0.3) is 10.9 Å². The third-order valence-corrected chi connectivity index (χ3v) is 5.50. The molecule has 0 aliphatic carbocycles. The van der Waals surface area contributed by atoms with E-state index >= 15 is 0 Å². The van der Waals surface area contributed by atoms with E-state index in [-0.39, 0.29) is 42.7 Å². The van der Waals surface area contributed by atoms with Crippen molar-refractivity contribution in [2.24, 2.45) is 0 Å². The highest BCUT2D eigenvalue weighted by Crippen LogP contribution is 2.18. The van der Waals surface area contributed by atoms with Crippen LogP contribution < -0.4 is 10.6 Å². The summed E-state index contributed by atoms with van der Waals surface area (Å²) in [6.45, 7) is 0.950. The van der Waals surface area contributed by atoms with Gasteiger partial charge in [0.15, 0.2) is 0 Å². The van der Waals surface area contributed by atoms with Crippen molar-refractivity contribution in [2.75, 3.05) is 19.6 Å². The highest BCUT2D eigenvalue weighted by molar-refractivity contribution is 6.30. The number of benzene rings is 1. The van der Waals surface area contributed by atoms with Crippen molar-refractivity contribution in [1.29, 1.82) is 0 Å². The molecule has 4 rings (SSSR count). The topological polar surface area (TPSA) is 107 Å². The number of fused-ring (bicyclic) bond motifs is 1. The van der Waals surface area contributed by atoms with Gasteiger partial charge in [0.2, 0.25) is 11.8 Å². The molecule has 8 nitrogen and oxygen atoms in total. The van der Waals surface area contributed by atoms with E-state index in [0.717, 1.165) is 0 Å². The van der Waals surface area contributed by atoms with Crippen molar-refractivity contribution in [2.45, 2.75) is 18.9 Å². The smallest absolute Gasteiger partial charge is 0.268 e. The lowest BCUT2D eigenvalue weighted by molar-refractivity contribution is -0.133. The maximum absolute atomic E-state index is 13.3. The van der Waals surface area contributed by atoms with Crippen LogP contribution in [0.1, 0.15) is 22.5 Å². The number of amides is 3. The van der Waals surface area contributed by atoms with Gasteiger partial charge in [-0.25, -0.2) is 9.37 Å². The van der Waals surface area contributed by atoms with Gasteiger partial charge in [-0.1, -0.05) is 23.7 Å². The number of pyridine rings is 1. The van der Waals surface area contributed by atoms with Crippen molar-refractivity contribution in [3.05, 3.63) is 64.8 Å². The summed E-state index contributed by atoms with van der Waals surface area (Å²) in [6, 6.07) is 8.13. The van der Waals surface area contributed by atoms with Gasteiger partial charge in [0, 0.05) is 37.9 Å². The van der Waals surface area contributed by atoms with Gasteiger partial charge in [-0.05, 0) is 29.8 Å². The average molecular weight is 458 g/mol. The van der Waals surface area contributed by atoms with Gasteiger partial charge < -0.3 is 20.5 Å². The van der Waals surface area contributed by atoms with Crippen molar-refractivity contribution in [3.63, 3.8) is 0 Å². The Morgan fingerprint density at radius 2 is 2.00 bits per heavy atom. The minimum atomic E-state index is -0.894. The molecular formula is C22H21ClFN5O3. The minimum absolute atomic E-state index is 0.121. The Morgan fingerprint density at radius 3 is 2.78 bits per heavy atom. The molecule has 1 atom stereocenters. The fourth-order valence-electron chi connectivity index (χ4n) is 3.63. The van der Waals surface area contributed by atoms with Crippen LogP contribution in [0.15, 0.2) is 42.6 Å². The monoisotopic (exact) mass is 457 g/mol. The SMILES string of the molecule is O=C1CCN(C(=O)[C@H](Cc2ccc(F)cc2)NC(=O)c2cc3cc(Cl)ncc3[nH]2)CCN1. The van der Waals surface area contributed by atoms with Crippen LogP contribution >= 0.6 is 11.6 Å². The number of rotatable bonds is 5. The Bertz CT molecular complexity index is 1160. The third kappa shape index (κ3) is 5.05. The lowest BCUT2D eigenvalue weighted by Crippen LogP contribution is -2.50. The van der Waals surface area contributed by atoms with E-state index in [0.29, 0.717) is 34.7 Å². The van der Waals surface area contributed by atoms with E-state index in [1.54, 1.807) is 29.2 Å². The molecule has 3 amide bonds. The van der Waals surface area contributed by atoms with Gasteiger partial charge in [0.25, 0.3) is 5.91 Å². The molecule has 1 aliphatic rings. The van der Waals surface area contributed by atoms with Crippen LogP contribution in [-0.4, -0.2) is 58.3 Å². The number of carbonyl (C=O) groups is 3. The molecule has 3 heterocycles. The number of H-pyrrole nitrogens is 1. The molecule has 0 bridgehead atoms. The zero-order chi connectivity index (χ0) is 22.7. The molecule has 0 unspecified atom stereocenters. The largest absolute Gasteiger partial charge is 0.354 e. The summed E-state index contributed by atoms with van der Waals surface area (Å²) >= 11 is 5.91. The molecular weight excluding hydrogens is 437 g/mol. The minimum Gasteiger partial charge on any atom is -0.354 e. The van der Waals surface area contributed by atoms with Gasteiger partial charge in [0.1, 0.15) is 22.7 Å². The standard InChI is InChI=1S/C22H21ClFN5O3/c23-19-11-14-10-16(27-18(14)12-26-19)21(31)28-17(9-13-1-3-15(24)4-2-13)22(32)29-7-5-20(30)25-6-8-29/h1-4,10-12,17,27H,5-9H2,(H,25,30)(H,28,31)/t17-/m0/s1. The fourth-order valence-corrected chi connectivity index (χ4v) is 3.79. The molecule has 10 heteroatoms. The summed E-state index contributed by atoms with van der Waals surface area (Å²) in [5.41, 5.74) is 1.59. The van der Waals surface area contributed by atoms with Crippen molar-refractivity contribution in [1.82, 2.24) is 25.5 Å². The number of aromatic nitrogens is 2. The molecule has 2 aromatic heterocycles. The first kappa shape index (κ1) is 21.8. The summed E-state index contributed by atoms with van der Waals surface area (Å²) in [6.07, 6.45) is 1.89. The third-order valence-electron chi connectivity index (χ3n) is 5.30. The molecule has 1 saturated heterocycles. The lowest BCUT2D eigenvalue weighted by Gasteiger charge is -2.26. The van der Waals surface area contributed by atoms with Crippen LogP contribution in [0.3, 0.4) is 0 Å². The molecule has 1 aromatic carbocycles. The van der Waals surface area contributed by atoms with Crippen LogP contribution in [0.4, 0.5) is 4.39 Å². The lowest BCUT2D eigenvalue weighted by atomic mass is 10.0. The van der Waals surface area contributed by atoms with Gasteiger partial charge in [-0.15, -0.1) is 0 Å². The zero-order valence-corrected chi connectivity index (χ0v) is 17.8. The highest BCUT2D eigenvalue weighted by atomic mass is 35.5. The Kier molecular flexibility index (Phi) is 6.36. The second-order valence-corrected chi connectivity index (χ2v) is 7.95. The predicted molar refractivity (Wildman–Crippen MR) is 117 cm³/mol. The van der Waals surface area contributed by atoms with Crippen LogP contribution in [-0.2, 0) is 16.0 Å². The van der Waals surface area contributed by atoms with Crippen molar-refractivity contribution in [3.8, 4) is 0 Å². The van der Waals surface area contributed by atoms with E-state index in [1.807, 2.05) is 0 Å².